The number of tetrazole rings is 1. The van der Waals surface area contributed by atoms with Gasteiger partial charge in [0.05, 0.1) is 5.69 Å². The van der Waals surface area contributed by atoms with E-state index >= 15 is 0 Å². The highest BCUT2D eigenvalue weighted by molar-refractivity contribution is 5.60. The van der Waals surface area contributed by atoms with E-state index in [2.05, 4.69) is 20.8 Å². The molecule has 0 atom stereocenters. The van der Waals surface area contributed by atoms with E-state index in [1.54, 1.807) is 4.68 Å². The third kappa shape index (κ3) is 2.37. The summed E-state index contributed by atoms with van der Waals surface area (Å²) >= 11 is 0. The molecular weight excluding hydrogens is 240 g/mol. The van der Waals surface area contributed by atoms with Gasteiger partial charge in [0.25, 0.3) is 5.95 Å². The first-order valence-corrected chi connectivity index (χ1v) is 5.79. The van der Waals surface area contributed by atoms with Gasteiger partial charge in [-0.2, -0.15) is 4.68 Å². The highest BCUT2D eigenvalue weighted by atomic mass is 15.6. The van der Waals surface area contributed by atoms with Crippen molar-refractivity contribution in [1.29, 1.82) is 0 Å². The number of nitrogens with one attached hydrogen (secondary N) is 1. The van der Waals surface area contributed by atoms with E-state index < -0.39 is 0 Å². The molecule has 6 nitrogen and oxygen atoms in total. The first-order chi connectivity index (χ1) is 9.33. The van der Waals surface area contributed by atoms with E-state index in [4.69, 9.17) is 5.73 Å². The minimum Gasteiger partial charge on any atom is -0.399 e. The summed E-state index contributed by atoms with van der Waals surface area (Å²) in [6.07, 6.45) is 0. The lowest BCUT2D eigenvalue weighted by Crippen LogP contribution is -2.03. The molecule has 0 saturated carbocycles. The lowest BCUT2D eigenvalue weighted by Gasteiger charge is -2.07. The molecule has 0 spiro atoms. The topological polar surface area (TPSA) is 81.7 Å². The third-order valence-corrected chi connectivity index (χ3v) is 2.61. The van der Waals surface area contributed by atoms with Gasteiger partial charge in [-0.3, -0.25) is 0 Å². The SMILES string of the molecule is Nc1cccc(Nc2nnnn2-c2ccccc2)c1. The molecule has 0 amide bonds. The minimum atomic E-state index is 0.539. The summed E-state index contributed by atoms with van der Waals surface area (Å²) < 4.78 is 1.63. The third-order valence-electron chi connectivity index (χ3n) is 2.61. The van der Waals surface area contributed by atoms with Crippen molar-refractivity contribution in [1.82, 2.24) is 20.2 Å². The van der Waals surface area contributed by atoms with Gasteiger partial charge in [0.15, 0.2) is 0 Å². The molecule has 0 aliphatic heterocycles. The molecule has 0 radical (unpaired) electrons. The van der Waals surface area contributed by atoms with Crippen LogP contribution in [0.15, 0.2) is 54.6 Å². The number of rotatable bonds is 3. The molecule has 0 aliphatic rings. The lowest BCUT2D eigenvalue weighted by atomic mass is 10.3. The largest absolute Gasteiger partial charge is 0.399 e. The molecule has 0 unspecified atom stereocenters. The van der Waals surface area contributed by atoms with E-state index in [9.17, 15) is 0 Å². The van der Waals surface area contributed by atoms with Crippen molar-refractivity contribution in [3.8, 4) is 5.69 Å². The van der Waals surface area contributed by atoms with Gasteiger partial charge in [-0.1, -0.05) is 29.4 Å². The highest BCUT2D eigenvalue weighted by Crippen LogP contribution is 2.18. The number of anilines is 3. The summed E-state index contributed by atoms with van der Waals surface area (Å²) in [7, 11) is 0. The fraction of sp³-hybridized carbons (Fsp3) is 0. The van der Waals surface area contributed by atoms with Crippen LogP contribution in [-0.2, 0) is 0 Å². The molecule has 94 valence electrons. The molecule has 3 N–H and O–H groups in total. The van der Waals surface area contributed by atoms with Gasteiger partial charge in [-0.15, -0.1) is 0 Å². The summed E-state index contributed by atoms with van der Waals surface area (Å²) in [5, 5.41) is 14.8. The average Bonchev–Trinajstić information content (AvgIpc) is 2.88. The van der Waals surface area contributed by atoms with E-state index in [1.165, 1.54) is 0 Å². The van der Waals surface area contributed by atoms with Crippen LogP contribution in [0.5, 0.6) is 0 Å². The Bertz CT molecular complexity index is 676. The minimum absolute atomic E-state index is 0.539. The smallest absolute Gasteiger partial charge is 0.252 e. The van der Waals surface area contributed by atoms with Crippen LogP contribution in [0.3, 0.4) is 0 Å². The van der Waals surface area contributed by atoms with Crippen LogP contribution in [0.1, 0.15) is 0 Å². The van der Waals surface area contributed by atoms with Crippen LogP contribution in [0.25, 0.3) is 5.69 Å². The van der Waals surface area contributed by atoms with Crippen molar-refractivity contribution in [2.24, 2.45) is 0 Å². The molecule has 0 bridgehead atoms. The average molecular weight is 252 g/mol. The second-order valence-corrected chi connectivity index (χ2v) is 4.00. The number of nitrogens with zero attached hydrogens (tertiary/aromatic N) is 4. The maximum Gasteiger partial charge on any atom is 0.252 e. The van der Waals surface area contributed by atoms with Crippen LogP contribution in [0.4, 0.5) is 17.3 Å². The number of nitrogens with two attached hydrogens (primary N) is 1. The van der Waals surface area contributed by atoms with Crippen LogP contribution in [-0.4, -0.2) is 20.2 Å². The van der Waals surface area contributed by atoms with Gasteiger partial charge in [0, 0.05) is 11.4 Å². The summed E-state index contributed by atoms with van der Waals surface area (Å²) in [5.41, 5.74) is 8.15. The number of para-hydroxylation sites is 1. The van der Waals surface area contributed by atoms with Gasteiger partial charge >= 0.3 is 0 Å². The zero-order valence-corrected chi connectivity index (χ0v) is 10.1. The predicted molar refractivity (Wildman–Crippen MR) is 73.3 cm³/mol. The summed E-state index contributed by atoms with van der Waals surface area (Å²) in [4.78, 5) is 0. The molecule has 19 heavy (non-hydrogen) atoms. The Morgan fingerprint density at radius 3 is 2.63 bits per heavy atom. The first kappa shape index (κ1) is 11.2. The Kier molecular flexibility index (Phi) is 2.82. The predicted octanol–water partition coefficient (Wildman–Crippen LogP) is 1.99. The number of hydrogen-bond donors (Lipinski definition) is 2. The maximum atomic E-state index is 5.74. The maximum absolute atomic E-state index is 5.74. The van der Waals surface area contributed by atoms with Gasteiger partial charge in [0.2, 0.25) is 0 Å². The molecular formula is C13H12N6. The van der Waals surface area contributed by atoms with Gasteiger partial charge < -0.3 is 11.1 Å². The van der Waals surface area contributed by atoms with Crippen molar-refractivity contribution >= 4 is 17.3 Å². The molecule has 3 aromatic rings. The number of benzene rings is 2. The van der Waals surface area contributed by atoms with Crippen LogP contribution < -0.4 is 11.1 Å². The highest BCUT2D eigenvalue weighted by Gasteiger charge is 2.07. The quantitative estimate of drug-likeness (QED) is 0.697. The Labute approximate surface area is 109 Å². The Balaban J connectivity index is 1.93. The lowest BCUT2D eigenvalue weighted by molar-refractivity contribution is 0.791. The van der Waals surface area contributed by atoms with Gasteiger partial charge in [-0.05, 0) is 40.8 Å². The molecule has 0 aliphatic carbocycles. The summed E-state index contributed by atoms with van der Waals surface area (Å²) in [6.45, 7) is 0. The zero-order valence-electron chi connectivity index (χ0n) is 10.1. The summed E-state index contributed by atoms with van der Waals surface area (Å²) in [5.74, 6) is 0.539. The van der Waals surface area contributed by atoms with Crippen molar-refractivity contribution in [3.63, 3.8) is 0 Å². The van der Waals surface area contributed by atoms with Crippen LogP contribution in [0.2, 0.25) is 0 Å². The Morgan fingerprint density at radius 1 is 1.00 bits per heavy atom. The molecule has 1 heterocycles. The molecule has 0 saturated heterocycles. The second-order valence-electron chi connectivity index (χ2n) is 4.00. The van der Waals surface area contributed by atoms with E-state index in [1.807, 2.05) is 54.6 Å². The molecule has 3 rings (SSSR count). The van der Waals surface area contributed by atoms with Crippen molar-refractivity contribution in [2.45, 2.75) is 0 Å². The fourth-order valence-corrected chi connectivity index (χ4v) is 1.75. The summed E-state index contributed by atoms with van der Waals surface area (Å²) in [6, 6.07) is 17.1. The van der Waals surface area contributed by atoms with Crippen molar-refractivity contribution in [3.05, 3.63) is 54.6 Å². The van der Waals surface area contributed by atoms with E-state index in [0.29, 0.717) is 11.6 Å². The Morgan fingerprint density at radius 2 is 1.84 bits per heavy atom. The molecule has 6 heteroatoms. The van der Waals surface area contributed by atoms with Crippen LogP contribution >= 0.6 is 0 Å². The molecule has 0 fully saturated rings. The number of nitrogen functional groups attached to an aromatic ring is 1. The van der Waals surface area contributed by atoms with Crippen molar-refractivity contribution in [2.75, 3.05) is 11.1 Å². The first-order valence-electron chi connectivity index (χ1n) is 5.79. The van der Waals surface area contributed by atoms with E-state index in [0.717, 1.165) is 11.4 Å². The van der Waals surface area contributed by atoms with Crippen molar-refractivity contribution < 1.29 is 0 Å². The number of aromatic nitrogens is 4. The molecule has 2 aromatic carbocycles. The standard InChI is InChI=1S/C13H12N6/c14-10-5-4-6-11(9-10)15-13-16-17-18-19(13)12-7-2-1-3-8-12/h1-9H,14H2,(H,15,16,18). The zero-order chi connectivity index (χ0) is 13.1. The fourth-order valence-electron chi connectivity index (χ4n) is 1.75. The van der Waals surface area contributed by atoms with Gasteiger partial charge in [-0.25, -0.2) is 0 Å². The monoisotopic (exact) mass is 252 g/mol. The normalized spacial score (nSPS) is 10.3. The number of hydrogen-bond acceptors (Lipinski definition) is 5. The van der Waals surface area contributed by atoms with Gasteiger partial charge in [0.1, 0.15) is 0 Å². The van der Waals surface area contributed by atoms with Crippen LogP contribution in [0, 0.1) is 0 Å². The Hall–Kier alpha value is -2.89. The van der Waals surface area contributed by atoms with E-state index in [-0.39, 0.29) is 0 Å². The molecule has 1 aromatic heterocycles. The second kappa shape index (κ2) is 4.77.